The minimum Gasteiger partial charge on any atom is -0.309 e. The summed E-state index contributed by atoms with van der Waals surface area (Å²) in [6, 6.07) is 7.22. The topological polar surface area (TPSA) is 49.4 Å². The quantitative estimate of drug-likeness (QED) is 0.799. The van der Waals surface area contributed by atoms with E-state index in [1.54, 1.807) is 12.1 Å². The molecule has 0 spiro atoms. The Morgan fingerprint density at radius 2 is 1.73 bits per heavy atom. The van der Waals surface area contributed by atoms with E-state index in [1.165, 1.54) is 5.56 Å². The summed E-state index contributed by atoms with van der Waals surface area (Å²) in [7, 11) is 0.533. The standard InChI is InChI=1S/C17H30N2O2S/c1-7-14(2)15-8-10-16(11-9-15)22(20,21)18-12-17(3,4)13-19(5)6/h8-11,14,18H,7,12-13H2,1-6H3/t14-/m0/s1. The van der Waals surface area contributed by atoms with Crippen LogP contribution in [0.2, 0.25) is 0 Å². The highest BCUT2D eigenvalue weighted by Crippen LogP contribution is 2.21. The van der Waals surface area contributed by atoms with Crippen molar-refractivity contribution in [3.05, 3.63) is 29.8 Å². The van der Waals surface area contributed by atoms with Gasteiger partial charge in [-0.2, -0.15) is 0 Å². The average molecular weight is 327 g/mol. The summed E-state index contributed by atoms with van der Waals surface area (Å²) in [6.07, 6.45) is 1.04. The normalized spacial score (nSPS) is 14.3. The SMILES string of the molecule is CC[C@H](C)c1ccc(S(=O)(=O)NCC(C)(C)CN(C)C)cc1. The van der Waals surface area contributed by atoms with Crippen molar-refractivity contribution >= 4 is 10.0 Å². The molecule has 0 unspecified atom stereocenters. The van der Waals surface area contributed by atoms with Gasteiger partial charge in [-0.1, -0.05) is 39.8 Å². The predicted molar refractivity (Wildman–Crippen MR) is 92.7 cm³/mol. The average Bonchev–Trinajstić information content (AvgIpc) is 2.43. The van der Waals surface area contributed by atoms with E-state index >= 15 is 0 Å². The number of rotatable bonds is 8. The first kappa shape index (κ1) is 19.1. The summed E-state index contributed by atoms with van der Waals surface area (Å²) in [5.74, 6) is 0.448. The predicted octanol–water partition coefficient (Wildman–Crippen LogP) is 3.07. The lowest BCUT2D eigenvalue weighted by Gasteiger charge is -2.28. The third-order valence-electron chi connectivity index (χ3n) is 3.86. The molecule has 0 heterocycles. The van der Waals surface area contributed by atoms with Crippen molar-refractivity contribution in [3.8, 4) is 0 Å². The fourth-order valence-electron chi connectivity index (χ4n) is 2.50. The number of hydrogen-bond acceptors (Lipinski definition) is 3. The van der Waals surface area contributed by atoms with E-state index in [4.69, 9.17) is 0 Å². The smallest absolute Gasteiger partial charge is 0.240 e. The van der Waals surface area contributed by atoms with Crippen LogP contribution in [0.5, 0.6) is 0 Å². The first-order valence-electron chi connectivity index (χ1n) is 7.82. The minimum atomic E-state index is -3.45. The van der Waals surface area contributed by atoms with Gasteiger partial charge in [0.05, 0.1) is 4.90 Å². The van der Waals surface area contributed by atoms with Gasteiger partial charge in [0.1, 0.15) is 0 Å². The Balaban J connectivity index is 2.78. The van der Waals surface area contributed by atoms with Crippen LogP contribution in [0.3, 0.4) is 0 Å². The second kappa shape index (κ2) is 7.57. The van der Waals surface area contributed by atoms with E-state index in [1.807, 2.05) is 26.2 Å². The molecule has 0 fully saturated rings. The van der Waals surface area contributed by atoms with Crippen LogP contribution in [0.15, 0.2) is 29.2 Å². The molecule has 0 aliphatic heterocycles. The van der Waals surface area contributed by atoms with Crippen LogP contribution < -0.4 is 4.72 Å². The van der Waals surface area contributed by atoms with Crippen molar-refractivity contribution in [2.75, 3.05) is 27.2 Å². The van der Waals surface area contributed by atoms with Crippen molar-refractivity contribution in [2.24, 2.45) is 5.41 Å². The molecule has 126 valence electrons. The van der Waals surface area contributed by atoms with Crippen molar-refractivity contribution in [3.63, 3.8) is 0 Å². The van der Waals surface area contributed by atoms with Gasteiger partial charge < -0.3 is 4.90 Å². The van der Waals surface area contributed by atoms with Crippen LogP contribution >= 0.6 is 0 Å². The third-order valence-corrected chi connectivity index (χ3v) is 5.27. The van der Waals surface area contributed by atoms with E-state index in [0.717, 1.165) is 13.0 Å². The molecule has 0 aliphatic rings. The van der Waals surface area contributed by atoms with Gasteiger partial charge in [0.2, 0.25) is 10.0 Å². The van der Waals surface area contributed by atoms with Gasteiger partial charge in [-0.25, -0.2) is 13.1 Å². The van der Waals surface area contributed by atoms with Gasteiger partial charge in [0.15, 0.2) is 0 Å². The Morgan fingerprint density at radius 1 is 1.18 bits per heavy atom. The summed E-state index contributed by atoms with van der Waals surface area (Å²) in [5.41, 5.74) is 1.06. The first-order valence-corrected chi connectivity index (χ1v) is 9.30. The van der Waals surface area contributed by atoms with Gasteiger partial charge in [0.25, 0.3) is 0 Å². The Bertz CT molecular complexity index is 563. The molecular weight excluding hydrogens is 296 g/mol. The van der Waals surface area contributed by atoms with Gasteiger partial charge in [0, 0.05) is 13.1 Å². The summed E-state index contributed by atoms with van der Waals surface area (Å²) < 4.78 is 27.5. The van der Waals surface area contributed by atoms with E-state index in [9.17, 15) is 8.42 Å². The van der Waals surface area contributed by atoms with Crippen LogP contribution in [-0.2, 0) is 10.0 Å². The molecule has 0 amide bonds. The first-order chi connectivity index (χ1) is 10.1. The zero-order chi connectivity index (χ0) is 17.0. The molecule has 1 aromatic rings. The van der Waals surface area contributed by atoms with Crippen LogP contribution in [0.25, 0.3) is 0 Å². The Kier molecular flexibility index (Phi) is 6.59. The molecule has 0 bridgehead atoms. The molecule has 0 saturated heterocycles. The molecule has 0 radical (unpaired) electrons. The maximum Gasteiger partial charge on any atom is 0.240 e. The lowest BCUT2D eigenvalue weighted by molar-refractivity contribution is 0.242. The summed E-state index contributed by atoms with van der Waals surface area (Å²) >= 11 is 0. The van der Waals surface area contributed by atoms with Crippen molar-refractivity contribution < 1.29 is 8.42 Å². The monoisotopic (exact) mass is 326 g/mol. The highest BCUT2D eigenvalue weighted by atomic mass is 32.2. The lowest BCUT2D eigenvalue weighted by Crippen LogP contribution is -2.39. The van der Waals surface area contributed by atoms with Crippen molar-refractivity contribution in [1.82, 2.24) is 9.62 Å². The number of sulfonamides is 1. The minimum absolute atomic E-state index is 0.118. The molecule has 0 saturated carbocycles. The number of nitrogens with one attached hydrogen (secondary N) is 1. The van der Waals surface area contributed by atoms with Gasteiger partial charge >= 0.3 is 0 Å². The maximum absolute atomic E-state index is 12.4. The molecule has 1 rings (SSSR count). The number of benzene rings is 1. The zero-order valence-electron chi connectivity index (χ0n) is 14.7. The number of nitrogens with zero attached hydrogens (tertiary/aromatic N) is 1. The van der Waals surface area contributed by atoms with Crippen LogP contribution in [0.4, 0.5) is 0 Å². The summed E-state index contributed by atoms with van der Waals surface area (Å²) in [6.45, 7) is 9.63. The Labute approximate surface area is 136 Å². The molecule has 4 nitrogen and oxygen atoms in total. The zero-order valence-corrected chi connectivity index (χ0v) is 15.5. The second-order valence-electron chi connectivity index (χ2n) is 7.10. The van der Waals surface area contributed by atoms with E-state index in [0.29, 0.717) is 17.4 Å². The van der Waals surface area contributed by atoms with E-state index in [2.05, 4.69) is 37.3 Å². The maximum atomic E-state index is 12.4. The highest BCUT2D eigenvalue weighted by Gasteiger charge is 2.23. The van der Waals surface area contributed by atoms with E-state index < -0.39 is 10.0 Å². The second-order valence-corrected chi connectivity index (χ2v) is 8.87. The third kappa shape index (κ3) is 5.71. The fourth-order valence-corrected chi connectivity index (χ4v) is 3.74. The largest absolute Gasteiger partial charge is 0.309 e. The molecule has 1 atom stereocenters. The van der Waals surface area contributed by atoms with Crippen LogP contribution in [0.1, 0.15) is 45.6 Å². The van der Waals surface area contributed by atoms with Gasteiger partial charge in [-0.05, 0) is 49.5 Å². The summed E-state index contributed by atoms with van der Waals surface area (Å²) in [5, 5.41) is 0. The molecule has 1 N–H and O–H groups in total. The summed E-state index contributed by atoms with van der Waals surface area (Å²) in [4.78, 5) is 2.40. The molecule has 1 aromatic carbocycles. The van der Waals surface area contributed by atoms with Crippen LogP contribution in [0, 0.1) is 5.41 Å². The highest BCUT2D eigenvalue weighted by molar-refractivity contribution is 7.89. The molecule has 0 aliphatic carbocycles. The number of hydrogen-bond donors (Lipinski definition) is 1. The Hall–Kier alpha value is -0.910. The molecular formula is C17H30N2O2S. The van der Waals surface area contributed by atoms with Crippen LogP contribution in [-0.4, -0.2) is 40.5 Å². The van der Waals surface area contributed by atoms with Gasteiger partial charge in [-0.15, -0.1) is 0 Å². The Morgan fingerprint density at radius 3 is 2.18 bits per heavy atom. The van der Waals surface area contributed by atoms with Gasteiger partial charge in [-0.3, -0.25) is 0 Å². The molecule has 0 aromatic heterocycles. The fraction of sp³-hybridized carbons (Fsp3) is 0.647. The van der Waals surface area contributed by atoms with E-state index in [-0.39, 0.29) is 5.41 Å². The van der Waals surface area contributed by atoms with Crippen molar-refractivity contribution in [2.45, 2.75) is 44.9 Å². The van der Waals surface area contributed by atoms with Crippen molar-refractivity contribution in [1.29, 1.82) is 0 Å². The molecule has 5 heteroatoms. The molecule has 22 heavy (non-hydrogen) atoms. The lowest BCUT2D eigenvalue weighted by atomic mass is 9.93.